The lowest BCUT2D eigenvalue weighted by Crippen LogP contribution is -2.59. The van der Waals surface area contributed by atoms with Gasteiger partial charge in [0.25, 0.3) is 0 Å². The lowest BCUT2D eigenvalue weighted by atomic mass is 9.99. The molecule has 10 nitrogen and oxygen atoms in total. The second kappa shape index (κ2) is 29.6. The van der Waals surface area contributed by atoms with Gasteiger partial charge in [-0.1, -0.05) is 142 Å². The number of ether oxygens (including phenoxy) is 4. The largest absolute Gasteiger partial charge is 0.462 e. The van der Waals surface area contributed by atoms with Crippen LogP contribution in [-0.2, 0) is 28.5 Å². The number of hydrogen-bond donors (Lipinski definition) is 4. The third kappa shape index (κ3) is 22.1. The molecule has 0 radical (unpaired) electrons. The van der Waals surface area contributed by atoms with Gasteiger partial charge in [-0.05, 0) is 12.8 Å². The highest BCUT2D eigenvalue weighted by atomic mass is 16.7. The summed E-state index contributed by atoms with van der Waals surface area (Å²) in [4.78, 5) is 24.8. The van der Waals surface area contributed by atoms with E-state index in [0.717, 1.165) is 44.9 Å². The average Bonchev–Trinajstić information content (AvgIpc) is 3.07. The number of rotatable bonds is 31. The first kappa shape index (κ1) is 43.7. The predicted molar refractivity (Wildman–Crippen MR) is 183 cm³/mol. The van der Waals surface area contributed by atoms with Gasteiger partial charge >= 0.3 is 11.9 Å². The molecule has 47 heavy (non-hydrogen) atoms. The van der Waals surface area contributed by atoms with Crippen LogP contribution in [0.4, 0.5) is 0 Å². The van der Waals surface area contributed by atoms with Crippen LogP contribution < -0.4 is 0 Å². The molecule has 0 amide bonds. The number of aliphatic hydroxyl groups is 4. The summed E-state index contributed by atoms with van der Waals surface area (Å²) in [5.41, 5.74) is 0. The van der Waals surface area contributed by atoms with Crippen LogP contribution in [0, 0.1) is 0 Å². The van der Waals surface area contributed by atoms with Gasteiger partial charge in [0.15, 0.2) is 12.4 Å². The summed E-state index contributed by atoms with van der Waals surface area (Å²) in [5, 5.41) is 39.7. The second-order valence-corrected chi connectivity index (χ2v) is 13.4. The van der Waals surface area contributed by atoms with E-state index in [4.69, 9.17) is 18.9 Å². The standard InChI is InChI=1S/C37H70O10/c1-3-5-7-9-10-11-12-13-14-15-16-17-18-19-20-21-22-24-26-33(40)46-30(28-44-32(39)25-23-8-6-4-2)29-45-37-36(43)35(42)34(41)31(27-38)47-37/h30-31,34-38,41-43H,3-29H2,1-2H3. The van der Waals surface area contributed by atoms with Crippen LogP contribution in [0.2, 0.25) is 0 Å². The Balaban J connectivity index is 2.25. The molecule has 10 heteroatoms. The molecule has 0 aromatic heterocycles. The minimum atomic E-state index is -1.59. The minimum Gasteiger partial charge on any atom is -0.462 e. The molecule has 1 saturated heterocycles. The Morgan fingerprint density at radius 1 is 0.574 bits per heavy atom. The highest BCUT2D eigenvalue weighted by molar-refractivity contribution is 5.70. The maximum Gasteiger partial charge on any atom is 0.306 e. The fourth-order valence-corrected chi connectivity index (χ4v) is 5.89. The van der Waals surface area contributed by atoms with Crippen molar-refractivity contribution in [3.05, 3.63) is 0 Å². The molecule has 0 aromatic rings. The fourth-order valence-electron chi connectivity index (χ4n) is 5.89. The molecular weight excluding hydrogens is 604 g/mol. The van der Waals surface area contributed by atoms with Gasteiger partial charge in [0, 0.05) is 12.8 Å². The highest BCUT2D eigenvalue weighted by Crippen LogP contribution is 2.22. The molecule has 0 spiro atoms. The third-order valence-electron chi connectivity index (χ3n) is 8.99. The number of esters is 2. The van der Waals surface area contributed by atoms with E-state index in [0.29, 0.717) is 6.42 Å². The van der Waals surface area contributed by atoms with Crippen molar-refractivity contribution < 1.29 is 49.0 Å². The Bertz CT molecular complexity index is 749. The third-order valence-corrected chi connectivity index (χ3v) is 8.99. The molecule has 1 aliphatic rings. The van der Waals surface area contributed by atoms with Crippen LogP contribution in [-0.4, -0.2) is 89.0 Å². The van der Waals surface area contributed by atoms with E-state index in [1.807, 2.05) is 0 Å². The summed E-state index contributed by atoms with van der Waals surface area (Å²) >= 11 is 0. The van der Waals surface area contributed by atoms with E-state index in [1.165, 1.54) is 89.9 Å². The van der Waals surface area contributed by atoms with E-state index < -0.39 is 55.4 Å². The molecule has 1 rings (SSSR count). The number of aliphatic hydroxyl groups excluding tert-OH is 4. The van der Waals surface area contributed by atoms with Crippen molar-refractivity contribution in [2.75, 3.05) is 19.8 Å². The van der Waals surface area contributed by atoms with E-state index in [1.54, 1.807) is 0 Å². The second-order valence-electron chi connectivity index (χ2n) is 13.4. The van der Waals surface area contributed by atoms with Crippen molar-refractivity contribution in [2.24, 2.45) is 0 Å². The molecule has 1 heterocycles. The molecule has 0 aromatic carbocycles. The first-order chi connectivity index (χ1) is 22.8. The van der Waals surface area contributed by atoms with Crippen molar-refractivity contribution in [1.29, 1.82) is 0 Å². The first-order valence-electron chi connectivity index (χ1n) is 19.1. The van der Waals surface area contributed by atoms with Crippen molar-refractivity contribution in [1.82, 2.24) is 0 Å². The fraction of sp³-hybridized carbons (Fsp3) is 0.946. The van der Waals surface area contributed by atoms with Crippen molar-refractivity contribution in [3.8, 4) is 0 Å². The van der Waals surface area contributed by atoms with Crippen LogP contribution in [0.15, 0.2) is 0 Å². The summed E-state index contributed by atoms with van der Waals surface area (Å²) in [6, 6.07) is 0. The number of carbonyl (C=O) groups excluding carboxylic acids is 2. The van der Waals surface area contributed by atoms with E-state index >= 15 is 0 Å². The van der Waals surface area contributed by atoms with Gasteiger partial charge in [-0.3, -0.25) is 9.59 Å². The molecular formula is C37H70O10. The van der Waals surface area contributed by atoms with Crippen LogP contribution in [0.1, 0.15) is 168 Å². The van der Waals surface area contributed by atoms with Crippen LogP contribution in [0.5, 0.6) is 0 Å². The molecule has 0 saturated carbocycles. The minimum absolute atomic E-state index is 0.213. The van der Waals surface area contributed by atoms with E-state index in [2.05, 4.69) is 13.8 Å². The topological polar surface area (TPSA) is 152 Å². The van der Waals surface area contributed by atoms with Crippen molar-refractivity contribution in [2.45, 2.75) is 205 Å². The maximum atomic E-state index is 12.6. The highest BCUT2D eigenvalue weighted by Gasteiger charge is 2.44. The van der Waals surface area contributed by atoms with Gasteiger partial charge in [-0.15, -0.1) is 0 Å². The van der Waals surface area contributed by atoms with Gasteiger partial charge in [0.1, 0.15) is 31.0 Å². The molecule has 0 bridgehead atoms. The van der Waals surface area contributed by atoms with Crippen LogP contribution in [0.25, 0.3) is 0 Å². The SMILES string of the molecule is CCCCCCCCCCCCCCCCCCCCC(=O)OC(COC(=O)CCCCCC)COC1OC(CO)C(O)C(O)C1O. The smallest absolute Gasteiger partial charge is 0.306 e. The van der Waals surface area contributed by atoms with E-state index in [-0.39, 0.29) is 26.1 Å². The Hall–Kier alpha value is -1.30. The molecule has 0 aliphatic carbocycles. The normalized spacial score (nSPS) is 21.9. The molecule has 6 unspecified atom stereocenters. The molecule has 1 fully saturated rings. The zero-order valence-corrected chi connectivity index (χ0v) is 29.8. The lowest BCUT2D eigenvalue weighted by molar-refractivity contribution is -0.305. The average molecular weight is 675 g/mol. The Morgan fingerprint density at radius 2 is 1.00 bits per heavy atom. The van der Waals surface area contributed by atoms with Gasteiger partial charge < -0.3 is 39.4 Å². The van der Waals surface area contributed by atoms with Gasteiger partial charge in [0.05, 0.1) is 13.2 Å². The molecule has 6 atom stereocenters. The lowest BCUT2D eigenvalue weighted by Gasteiger charge is -2.39. The maximum absolute atomic E-state index is 12.6. The van der Waals surface area contributed by atoms with Crippen LogP contribution in [0.3, 0.4) is 0 Å². The summed E-state index contributed by atoms with van der Waals surface area (Å²) in [6.45, 7) is 3.29. The first-order valence-corrected chi connectivity index (χ1v) is 19.1. The summed E-state index contributed by atoms with van der Waals surface area (Å²) in [5.74, 6) is -0.818. The zero-order valence-electron chi connectivity index (χ0n) is 29.8. The van der Waals surface area contributed by atoms with Gasteiger partial charge in [0.2, 0.25) is 0 Å². The van der Waals surface area contributed by atoms with E-state index in [9.17, 15) is 30.0 Å². The Kier molecular flexibility index (Phi) is 27.5. The number of hydrogen-bond acceptors (Lipinski definition) is 10. The summed E-state index contributed by atoms with van der Waals surface area (Å²) in [6.07, 6.45) is 19.0. The molecule has 278 valence electrons. The zero-order chi connectivity index (χ0) is 34.5. The molecule has 4 N–H and O–H groups in total. The summed E-state index contributed by atoms with van der Waals surface area (Å²) < 4.78 is 21.9. The summed E-state index contributed by atoms with van der Waals surface area (Å²) in [7, 11) is 0. The predicted octanol–water partition coefficient (Wildman–Crippen LogP) is 6.66. The molecule has 1 aliphatic heterocycles. The van der Waals surface area contributed by atoms with Gasteiger partial charge in [-0.25, -0.2) is 0 Å². The Morgan fingerprint density at radius 3 is 1.47 bits per heavy atom. The number of unbranched alkanes of at least 4 members (excludes halogenated alkanes) is 20. The quantitative estimate of drug-likeness (QED) is 0.0464. The van der Waals surface area contributed by atoms with Crippen LogP contribution >= 0.6 is 0 Å². The monoisotopic (exact) mass is 674 g/mol. The van der Waals surface area contributed by atoms with Gasteiger partial charge in [-0.2, -0.15) is 0 Å². The Labute approximate surface area is 285 Å². The van der Waals surface area contributed by atoms with Crippen molar-refractivity contribution in [3.63, 3.8) is 0 Å². The van der Waals surface area contributed by atoms with Crippen molar-refractivity contribution >= 4 is 11.9 Å². The number of carbonyl (C=O) groups is 2.